The highest BCUT2D eigenvalue weighted by molar-refractivity contribution is 4.71. The van der Waals surface area contributed by atoms with Crippen LogP contribution in [-0.2, 0) is 0 Å². The molecule has 3 heteroatoms. The molecule has 0 spiro atoms. The Morgan fingerprint density at radius 2 is 1.80 bits per heavy atom. The molecule has 1 nitrogen and oxygen atoms in total. The maximum absolute atomic E-state index is 10.5. The first kappa shape index (κ1) is 4.40. The maximum atomic E-state index is 10.5. The van der Waals surface area contributed by atoms with E-state index >= 15 is 0 Å². The minimum absolute atomic E-state index is 0.250. The van der Waals surface area contributed by atoms with Crippen LogP contribution in [0.2, 0.25) is 0 Å². The van der Waals surface area contributed by atoms with Crippen LogP contribution in [0, 0.1) is 0 Å². The summed E-state index contributed by atoms with van der Waals surface area (Å²) < 4.78 is 21.0. The molecular formula is C2H3F2N. The fourth-order valence-corrected chi connectivity index (χ4v) is 0. The van der Waals surface area contributed by atoms with Gasteiger partial charge in [-0.3, -0.25) is 0 Å². The van der Waals surface area contributed by atoms with E-state index in [1.807, 2.05) is 0 Å². The van der Waals surface area contributed by atoms with Crippen molar-refractivity contribution < 1.29 is 8.78 Å². The van der Waals surface area contributed by atoms with Gasteiger partial charge in [-0.1, -0.05) is 0 Å². The molecule has 0 aromatic carbocycles. The molecule has 0 heterocycles. The van der Waals surface area contributed by atoms with Crippen molar-refractivity contribution in [1.29, 1.82) is 0 Å². The standard InChI is InChI=1S/C2H3F2N/c3-2(4)1-5/h1H,5H2. The van der Waals surface area contributed by atoms with Crippen LogP contribution in [0.1, 0.15) is 0 Å². The topological polar surface area (TPSA) is 26.0 Å². The summed E-state index contributed by atoms with van der Waals surface area (Å²) in [5.41, 5.74) is 4.26. The van der Waals surface area contributed by atoms with Gasteiger partial charge < -0.3 is 5.73 Å². The molecule has 0 amide bonds. The third-order valence-electron chi connectivity index (χ3n) is 0.126. The molecule has 0 aliphatic heterocycles. The molecule has 30 valence electrons. The summed E-state index contributed by atoms with van der Waals surface area (Å²) in [6, 6.07) is 0. The number of nitrogens with two attached hydrogens (primary N) is 1. The van der Waals surface area contributed by atoms with Crippen LogP contribution in [0.5, 0.6) is 0 Å². The predicted molar refractivity (Wildman–Crippen MR) is 14.5 cm³/mol. The summed E-state index contributed by atoms with van der Waals surface area (Å²) >= 11 is 0. The Labute approximate surface area is 28.1 Å². The van der Waals surface area contributed by atoms with Crippen LogP contribution in [-0.4, -0.2) is 0 Å². The van der Waals surface area contributed by atoms with E-state index in [1.54, 1.807) is 0 Å². The van der Waals surface area contributed by atoms with Gasteiger partial charge in [-0.15, -0.1) is 0 Å². The fraction of sp³-hybridized carbons (Fsp3) is 0. The molecule has 0 radical (unpaired) electrons. The maximum Gasteiger partial charge on any atom is 0.285 e. The lowest BCUT2D eigenvalue weighted by Gasteiger charge is -1.64. The molecule has 0 atom stereocenters. The Hall–Kier alpha value is -0.600. The van der Waals surface area contributed by atoms with Crippen molar-refractivity contribution in [2.75, 3.05) is 0 Å². The smallest absolute Gasteiger partial charge is 0.285 e. The van der Waals surface area contributed by atoms with E-state index in [1.165, 1.54) is 0 Å². The monoisotopic (exact) mass is 79.0 g/mol. The summed E-state index contributed by atoms with van der Waals surface area (Å²) in [6.07, 6.45) is -1.59. The minimum atomic E-state index is -1.84. The number of rotatable bonds is 0. The van der Waals surface area contributed by atoms with Gasteiger partial charge in [-0.05, 0) is 0 Å². The van der Waals surface area contributed by atoms with Gasteiger partial charge in [-0.2, -0.15) is 8.78 Å². The van der Waals surface area contributed by atoms with Gasteiger partial charge in [0.1, 0.15) is 0 Å². The first-order valence-corrected chi connectivity index (χ1v) is 1.000. The van der Waals surface area contributed by atoms with Gasteiger partial charge in [0.05, 0.1) is 6.20 Å². The summed E-state index contributed by atoms with van der Waals surface area (Å²) in [4.78, 5) is 0. The Bertz CT molecular complexity index is 45.6. The van der Waals surface area contributed by atoms with E-state index in [2.05, 4.69) is 5.73 Å². The largest absolute Gasteiger partial charge is 0.400 e. The number of hydrogen-bond donors (Lipinski definition) is 1. The second-order valence-electron chi connectivity index (χ2n) is 0.456. The van der Waals surface area contributed by atoms with Gasteiger partial charge in [0.25, 0.3) is 6.08 Å². The second-order valence-corrected chi connectivity index (χ2v) is 0.456. The molecule has 0 aliphatic carbocycles. The highest BCUT2D eigenvalue weighted by Gasteiger charge is 1.74. The molecule has 0 rings (SSSR count). The predicted octanol–water partition coefficient (Wildman–Crippen LogP) is 0.683. The van der Waals surface area contributed by atoms with E-state index in [9.17, 15) is 8.78 Å². The molecule has 0 fully saturated rings. The molecule has 0 aliphatic rings. The van der Waals surface area contributed by atoms with Crippen LogP contribution in [0.3, 0.4) is 0 Å². The zero-order valence-corrected chi connectivity index (χ0v) is 2.41. The van der Waals surface area contributed by atoms with Crippen molar-refractivity contribution in [3.63, 3.8) is 0 Å². The van der Waals surface area contributed by atoms with Crippen molar-refractivity contribution >= 4 is 0 Å². The van der Waals surface area contributed by atoms with Crippen molar-refractivity contribution in [3.8, 4) is 0 Å². The van der Waals surface area contributed by atoms with Crippen molar-refractivity contribution in [2.45, 2.75) is 0 Å². The van der Waals surface area contributed by atoms with Gasteiger partial charge in [-0.25, -0.2) is 0 Å². The molecule has 0 bridgehead atoms. The van der Waals surface area contributed by atoms with Crippen LogP contribution in [0.15, 0.2) is 12.3 Å². The van der Waals surface area contributed by atoms with E-state index in [4.69, 9.17) is 0 Å². The Kier molecular flexibility index (Phi) is 1.49. The Balaban J connectivity index is 3.14. The lowest BCUT2D eigenvalue weighted by molar-refractivity contribution is 0.419. The lowest BCUT2D eigenvalue weighted by atomic mass is 11.0. The molecule has 0 aromatic rings. The quantitative estimate of drug-likeness (QED) is 0.454. The normalized spacial score (nSPS) is 6.80. The highest BCUT2D eigenvalue weighted by Crippen LogP contribution is 1.88. The Morgan fingerprint density at radius 3 is 1.80 bits per heavy atom. The van der Waals surface area contributed by atoms with Gasteiger partial charge >= 0.3 is 0 Å². The van der Waals surface area contributed by atoms with E-state index in [-0.39, 0.29) is 6.20 Å². The van der Waals surface area contributed by atoms with Crippen LogP contribution < -0.4 is 5.73 Å². The summed E-state index contributed by atoms with van der Waals surface area (Å²) in [7, 11) is 0. The SMILES string of the molecule is NC=C(F)F. The van der Waals surface area contributed by atoms with Gasteiger partial charge in [0.2, 0.25) is 0 Å². The van der Waals surface area contributed by atoms with Crippen molar-refractivity contribution in [2.24, 2.45) is 5.73 Å². The molecule has 0 saturated heterocycles. The van der Waals surface area contributed by atoms with Crippen molar-refractivity contribution in [1.82, 2.24) is 0 Å². The highest BCUT2D eigenvalue weighted by atomic mass is 19.3. The fourth-order valence-electron chi connectivity index (χ4n) is 0. The molecule has 0 unspecified atom stereocenters. The molecule has 5 heavy (non-hydrogen) atoms. The second kappa shape index (κ2) is 1.69. The molecule has 0 saturated carbocycles. The summed E-state index contributed by atoms with van der Waals surface area (Å²) in [5, 5.41) is 0. The first-order valence-electron chi connectivity index (χ1n) is 1.000. The number of hydrogen-bond acceptors (Lipinski definition) is 1. The first-order chi connectivity index (χ1) is 2.27. The van der Waals surface area contributed by atoms with Crippen molar-refractivity contribution in [3.05, 3.63) is 12.3 Å². The van der Waals surface area contributed by atoms with Gasteiger partial charge in [0, 0.05) is 0 Å². The average molecular weight is 79.0 g/mol. The number of halogens is 2. The lowest BCUT2D eigenvalue weighted by Crippen LogP contribution is -1.74. The van der Waals surface area contributed by atoms with E-state index in [0.29, 0.717) is 0 Å². The van der Waals surface area contributed by atoms with Crippen LogP contribution >= 0.6 is 0 Å². The zero-order chi connectivity index (χ0) is 4.28. The van der Waals surface area contributed by atoms with E-state index < -0.39 is 6.08 Å². The minimum Gasteiger partial charge on any atom is -0.400 e. The third-order valence-corrected chi connectivity index (χ3v) is 0.126. The molecule has 0 aromatic heterocycles. The third kappa shape index (κ3) is 3.40. The molecular weight excluding hydrogens is 76.0 g/mol. The average Bonchev–Trinajstić information content (AvgIpc) is 1.38. The Morgan fingerprint density at radius 1 is 1.60 bits per heavy atom. The van der Waals surface area contributed by atoms with Gasteiger partial charge in [0.15, 0.2) is 0 Å². The van der Waals surface area contributed by atoms with E-state index in [0.717, 1.165) is 0 Å². The van der Waals surface area contributed by atoms with Crippen LogP contribution in [0.4, 0.5) is 8.78 Å². The summed E-state index contributed by atoms with van der Waals surface area (Å²) in [6.45, 7) is 0. The summed E-state index contributed by atoms with van der Waals surface area (Å²) in [5.74, 6) is 0. The van der Waals surface area contributed by atoms with Crippen LogP contribution in [0.25, 0.3) is 0 Å². The zero-order valence-electron chi connectivity index (χ0n) is 2.41. The molecule has 2 N–H and O–H groups in total.